The summed E-state index contributed by atoms with van der Waals surface area (Å²) in [5.74, 6) is 1.44. The number of urea groups is 1. The number of ether oxygens (including phenoxy) is 2. The minimum absolute atomic E-state index is 0.0294. The molecule has 3 aliphatic heterocycles. The molecule has 8 heteroatoms. The van der Waals surface area contributed by atoms with Gasteiger partial charge in [0, 0.05) is 19.5 Å². The number of hydrogen-bond acceptors (Lipinski definition) is 5. The van der Waals surface area contributed by atoms with Gasteiger partial charge in [0.1, 0.15) is 18.8 Å². The van der Waals surface area contributed by atoms with E-state index < -0.39 is 5.54 Å². The molecule has 0 aromatic heterocycles. The Morgan fingerprint density at radius 1 is 1.10 bits per heavy atom. The van der Waals surface area contributed by atoms with Gasteiger partial charge in [-0.2, -0.15) is 0 Å². The van der Waals surface area contributed by atoms with Gasteiger partial charge in [-0.3, -0.25) is 14.5 Å². The average molecular weight is 428 g/mol. The molecule has 0 radical (unpaired) electrons. The van der Waals surface area contributed by atoms with Crippen molar-refractivity contribution < 1.29 is 23.9 Å². The predicted octanol–water partition coefficient (Wildman–Crippen LogP) is 2.77. The summed E-state index contributed by atoms with van der Waals surface area (Å²) in [4.78, 5) is 41.3. The number of carbonyl (C=O) groups excluding carboxylic acids is 3. The summed E-state index contributed by atoms with van der Waals surface area (Å²) in [6.45, 7) is 2.11. The third-order valence-corrected chi connectivity index (χ3v) is 7.00. The van der Waals surface area contributed by atoms with Crippen LogP contribution in [0.1, 0.15) is 63.0 Å². The zero-order valence-electron chi connectivity index (χ0n) is 17.7. The van der Waals surface area contributed by atoms with Crippen LogP contribution >= 0.6 is 0 Å². The lowest BCUT2D eigenvalue weighted by atomic mass is 9.98. The van der Waals surface area contributed by atoms with Crippen LogP contribution in [0.2, 0.25) is 0 Å². The summed E-state index contributed by atoms with van der Waals surface area (Å²) in [7, 11) is 0. The molecule has 31 heavy (non-hydrogen) atoms. The van der Waals surface area contributed by atoms with Crippen LogP contribution in [-0.2, 0) is 9.59 Å². The molecule has 0 bridgehead atoms. The number of fused-ring (bicyclic) bond motifs is 1. The Morgan fingerprint density at radius 3 is 2.68 bits per heavy atom. The smallest absolute Gasteiger partial charge is 0.325 e. The second-order valence-electron chi connectivity index (χ2n) is 8.93. The molecule has 3 heterocycles. The van der Waals surface area contributed by atoms with E-state index >= 15 is 0 Å². The van der Waals surface area contributed by atoms with Crippen molar-refractivity contribution in [1.29, 1.82) is 0 Å². The first kappa shape index (κ1) is 20.2. The van der Waals surface area contributed by atoms with E-state index in [0.717, 1.165) is 62.1 Å². The number of nitrogens with one attached hydrogen (secondary N) is 1. The Labute approximate surface area is 181 Å². The Morgan fingerprint density at radius 2 is 1.87 bits per heavy atom. The Bertz CT molecular complexity index is 895. The van der Waals surface area contributed by atoms with Gasteiger partial charge in [-0.05, 0) is 49.8 Å². The van der Waals surface area contributed by atoms with E-state index in [1.807, 2.05) is 23.1 Å². The van der Waals surface area contributed by atoms with E-state index in [1.165, 1.54) is 4.90 Å². The molecule has 2 saturated heterocycles. The maximum Gasteiger partial charge on any atom is 0.325 e. The largest absolute Gasteiger partial charge is 0.486 e. The molecule has 1 N–H and O–H groups in total. The molecule has 8 nitrogen and oxygen atoms in total. The van der Waals surface area contributed by atoms with Crippen molar-refractivity contribution in [3.8, 4) is 11.5 Å². The molecule has 1 aliphatic carbocycles. The fraction of sp³-hybridized carbons (Fsp3) is 0.609. The van der Waals surface area contributed by atoms with Gasteiger partial charge in [-0.15, -0.1) is 0 Å². The first-order valence-corrected chi connectivity index (χ1v) is 11.4. The second-order valence-corrected chi connectivity index (χ2v) is 8.93. The molecular formula is C23H29N3O5. The highest BCUT2D eigenvalue weighted by Crippen LogP contribution is 2.39. The van der Waals surface area contributed by atoms with Crippen LogP contribution in [0, 0.1) is 0 Å². The number of rotatable bonds is 5. The summed E-state index contributed by atoms with van der Waals surface area (Å²) in [5.41, 5.74) is 0.381. The monoisotopic (exact) mass is 427 g/mol. The molecule has 5 rings (SSSR count). The maximum absolute atomic E-state index is 13.0. The van der Waals surface area contributed by atoms with Crippen LogP contribution in [-0.4, -0.2) is 59.5 Å². The second kappa shape index (κ2) is 8.05. The van der Waals surface area contributed by atoms with Crippen molar-refractivity contribution in [2.45, 2.75) is 62.9 Å². The fourth-order valence-electron chi connectivity index (χ4n) is 5.41. The highest BCUT2D eigenvalue weighted by atomic mass is 16.6. The number of likely N-dealkylation sites (tertiary alicyclic amines) is 1. The predicted molar refractivity (Wildman–Crippen MR) is 112 cm³/mol. The molecule has 1 atom stereocenters. The van der Waals surface area contributed by atoms with E-state index in [-0.39, 0.29) is 23.9 Å². The quantitative estimate of drug-likeness (QED) is 0.730. The third-order valence-electron chi connectivity index (χ3n) is 7.00. The number of imide groups is 1. The van der Waals surface area contributed by atoms with Gasteiger partial charge < -0.3 is 19.7 Å². The molecule has 3 fully saturated rings. The number of benzene rings is 1. The zero-order chi connectivity index (χ0) is 21.4. The lowest BCUT2D eigenvalue weighted by molar-refractivity contribution is -0.134. The van der Waals surface area contributed by atoms with Crippen molar-refractivity contribution in [3.05, 3.63) is 23.8 Å². The number of nitrogens with zero attached hydrogens (tertiary/aromatic N) is 2. The highest BCUT2D eigenvalue weighted by Gasteiger charge is 2.52. The minimum atomic E-state index is -0.681. The van der Waals surface area contributed by atoms with Crippen LogP contribution in [0.25, 0.3) is 0 Å². The van der Waals surface area contributed by atoms with Gasteiger partial charge in [0.25, 0.3) is 5.91 Å². The van der Waals surface area contributed by atoms with Crippen LogP contribution in [0.4, 0.5) is 4.79 Å². The number of amides is 4. The lowest BCUT2D eigenvalue weighted by Gasteiger charge is -2.27. The van der Waals surface area contributed by atoms with Crippen molar-refractivity contribution in [3.63, 3.8) is 0 Å². The van der Waals surface area contributed by atoms with E-state index in [9.17, 15) is 14.4 Å². The molecule has 1 unspecified atom stereocenters. The zero-order valence-corrected chi connectivity index (χ0v) is 17.7. The van der Waals surface area contributed by atoms with E-state index in [0.29, 0.717) is 32.6 Å². The third kappa shape index (κ3) is 3.62. The van der Waals surface area contributed by atoms with E-state index in [2.05, 4.69) is 5.32 Å². The summed E-state index contributed by atoms with van der Waals surface area (Å²) >= 11 is 0. The maximum atomic E-state index is 13.0. The molecule has 1 spiro atoms. The molecule has 1 saturated carbocycles. The Kier molecular flexibility index (Phi) is 5.24. The highest BCUT2D eigenvalue weighted by molar-refractivity contribution is 6.07. The summed E-state index contributed by atoms with van der Waals surface area (Å²) in [6, 6.07) is 5.63. The van der Waals surface area contributed by atoms with Crippen LogP contribution in [0.3, 0.4) is 0 Å². The topological polar surface area (TPSA) is 88.2 Å². The molecule has 1 aromatic carbocycles. The van der Waals surface area contributed by atoms with Gasteiger partial charge >= 0.3 is 6.03 Å². The molecular weight excluding hydrogens is 398 g/mol. The van der Waals surface area contributed by atoms with Gasteiger partial charge in [-0.25, -0.2) is 4.79 Å². The van der Waals surface area contributed by atoms with Gasteiger partial charge in [0.15, 0.2) is 11.5 Å². The van der Waals surface area contributed by atoms with E-state index in [4.69, 9.17) is 9.47 Å². The summed E-state index contributed by atoms with van der Waals surface area (Å²) in [6.07, 6.45) is 6.06. The van der Waals surface area contributed by atoms with Gasteiger partial charge in [0.2, 0.25) is 5.91 Å². The fourth-order valence-corrected chi connectivity index (χ4v) is 5.41. The van der Waals surface area contributed by atoms with Crippen molar-refractivity contribution in [2.75, 3.05) is 26.3 Å². The van der Waals surface area contributed by atoms with Gasteiger partial charge in [-0.1, -0.05) is 18.9 Å². The molecule has 166 valence electrons. The first-order valence-electron chi connectivity index (χ1n) is 11.4. The Hall–Kier alpha value is -2.77. The summed E-state index contributed by atoms with van der Waals surface area (Å²) in [5, 5.41) is 2.90. The van der Waals surface area contributed by atoms with Crippen molar-refractivity contribution >= 4 is 17.8 Å². The van der Waals surface area contributed by atoms with E-state index in [1.54, 1.807) is 0 Å². The number of hydrogen-bond donors (Lipinski definition) is 1. The standard InChI is InChI=1S/C23H29N3O5/c27-20(6-4-12-26-21(28)23(24-22(26)29)9-1-2-10-23)25-11-3-5-17(25)16-7-8-18-19(15-16)31-14-13-30-18/h7-8,15,17H,1-6,9-14H2,(H,24,29). The Balaban J connectivity index is 1.19. The minimum Gasteiger partial charge on any atom is -0.486 e. The normalized spacial score (nSPS) is 24.2. The van der Waals surface area contributed by atoms with Crippen molar-refractivity contribution in [2.24, 2.45) is 0 Å². The van der Waals surface area contributed by atoms with Crippen LogP contribution < -0.4 is 14.8 Å². The van der Waals surface area contributed by atoms with Gasteiger partial charge in [0.05, 0.1) is 6.04 Å². The SMILES string of the molecule is O=C1NC2(CCCC2)C(=O)N1CCCC(=O)N1CCCC1c1ccc2c(c1)OCCO2. The average Bonchev–Trinajstić information content (AvgIpc) is 3.50. The molecule has 4 amide bonds. The molecule has 1 aromatic rings. The number of carbonyl (C=O) groups is 3. The lowest BCUT2D eigenvalue weighted by Crippen LogP contribution is -2.44. The first-order chi connectivity index (χ1) is 15.1. The van der Waals surface area contributed by atoms with Crippen LogP contribution in [0.15, 0.2) is 18.2 Å². The van der Waals surface area contributed by atoms with Crippen molar-refractivity contribution in [1.82, 2.24) is 15.1 Å². The van der Waals surface area contributed by atoms with Crippen LogP contribution in [0.5, 0.6) is 11.5 Å². The summed E-state index contributed by atoms with van der Waals surface area (Å²) < 4.78 is 11.3. The molecule has 4 aliphatic rings.